The first-order chi connectivity index (χ1) is 9.38. The Kier molecular flexibility index (Phi) is 5.94. The van der Waals surface area contributed by atoms with Gasteiger partial charge < -0.3 is 0 Å². The second-order valence-corrected chi connectivity index (χ2v) is 9.17. The van der Waals surface area contributed by atoms with Gasteiger partial charge in [0.25, 0.3) is 0 Å². The van der Waals surface area contributed by atoms with Gasteiger partial charge in [0.15, 0.2) is 0 Å². The molecule has 1 aromatic carbocycles. The van der Waals surface area contributed by atoms with E-state index in [9.17, 15) is 8.42 Å². The Balaban J connectivity index is 2.02. The van der Waals surface area contributed by atoms with Crippen LogP contribution in [0.2, 0.25) is 0 Å². The van der Waals surface area contributed by atoms with Crippen molar-refractivity contribution in [3.63, 3.8) is 0 Å². The maximum atomic E-state index is 12.3. The quantitative estimate of drug-likeness (QED) is 0.703. The van der Waals surface area contributed by atoms with Gasteiger partial charge >= 0.3 is 0 Å². The van der Waals surface area contributed by atoms with Crippen molar-refractivity contribution in [1.29, 1.82) is 0 Å². The number of hydrogen-bond donors (Lipinski definition) is 1. The minimum Gasteiger partial charge on any atom is -0.211 e. The minimum atomic E-state index is -3.49. The molecule has 112 valence electrons. The summed E-state index contributed by atoms with van der Waals surface area (Å²) in [6.45, 7) is 0.477. The number of halogens is 3. The van der Waals surface area contributed by atoms with Crippen LogP contribution < -0.4 is 4.72 Å². The van der Waals surface area contributed by atoms with Crippen molar-refractivity contribution >= 4 is 53.5 Å². The van der Waals surface area contributed by atoms with Gasteiger partial charge in [0.05, 0.1) is 4.90 Å². The molecule has 0 bridgehead atoms. The molecule has 3 nitrogen and oxygen atoms in total. The Morgan fingerprint density at radius 1 is 1.20 bits per heavy atom. The summed E-state index contributed by atoms with van der Waals surface area (Å²) in [4.78, 5) is 0.262. The number of hydrogen-bond acceptors (Lipinski definition) is 2. The summed E-state index contributed by atoms with van der Waals surface area (Å²) in [6.07, 6.45) is 3.90. The van der Waals surface area contributed by atoms with Crippen molar-refractivity contribution in [3.05, 3.63) is 27.1 Å². The van der Waals surface area contributed by atoms with Crippen LogP contribution in [0.4, 0.5) is 0 Å². The summed E-state index contributed by atoms with van der Waals surface area (Å²) in [6, 6.07) is 5.12. The second-order valence-electron chi connectivity index (χ2n) is 5.04. The molecule has 0 saturated heterocycles. The van der Waals surface area contributed by atoms with Gasteiger partial charge in [-0.2, -0.15) is 0 Å². The van der Waals surface area contributed by atoms with E-state index in [0.717, 1.165) is 30.2 Å². The third-order valence-corrected chi connectivity index (χ3v) is 6.87. The number of rotatable bonds is 4. The van der Waals surface area contributed by atoms with Crippen molar-refractivity contribution in [2.45, 2.75) is 36.0 Å². The molecule has 0 amide bonds. The predicted molar refractivity (Wildman–Crippen MR) is 88.6 cm³/mol. The molecule has 7 heteroatoms. The Morgan fingerprint density at radius 3 is 2.50 bits per heavy atom. The number of sulfonamides is 1. The number of benzene rings is 1. The average molecular weight is 446 g/mol. The van der Waals surface area contributed by atoms with Crippen molar-refractivity contribution in [2.75, 3.05) is 6.54 Å². The Labute approximate surface area is 141 Å². The van der Waals surface area contributed by atoms with Gasteiger partial charge in [0, 0.05) is 20.9 Å². The van der Waals surface area contributed by atoms with Crippen LogP contribution in [0.5, 0.6) is 0 Å². The van der Waals surface area contributed by atoms with Gasteiger partial charge in [0.1, 0.15) is 0 Å². The Morgan fingerprint density at radius 2 is 1.85 bits per heavy atom. The summed E-state index contributed by atoms with van der Waals surface area (Å²) in [5, 5.41) is 0.252. The van der Waals surface area contributed by atoms with Crippen LogP contribution in [0.1, 0.15) is 25.7 Å². The molecule has 1 aromatic rings. The maximum absolute atomic E-state index is 12.3. The molecule has 2 rings (SSSR count). The van der Waals surface area contributed by atoms with E-state index in [0.29, 0.717) is 16.9 Å². The van der Waals surface area contributed by atoms with Crippen molar-refractivity contribution in [3.8, 4) is 0 Å². The molecule has 0 aromatic heterocycles. The zero-order valence-corrected chi connectivity index (χ0v) is 15.5. The molecule has 1 fully saturated rings. The van der Waals surface area contributed by atoms with Crippen LogP contribution in [-0.4, -0.2) is 20.3 Å². The van der Waals surface area contributed by atoms with Crippen LogP contribution in [0, 0.1) is 5.92 Å². The highest BCUT2D eigenvalue weighted by molar-refractivity contribution is 9.11. The third-order valence-electron chi connectivity index (χ3n) is 3.52. The van der Waals surface area contributed by atoms with Crippen LogP contribution in [0.3, 0.4) is 0 Å². The highest BCUT2D eigenvalue weighted by Crippen LogP contribution is 2.28. The fraction of sp³-hybridized carbons (Fsp3) is 0.538. The smallest absolute Gasteiger partial charge is 0.211 e. The minimum absolute atomic E-state index is 0.252. The van der Waals surface area contributed by atoms with E-state index in [1.807, 2.05) is 0 Å². The fourth-order valence-corrected chi connectivity index (χ4v) is 5.18. The van der Waals surface area contributed by atoms with Crippen molar-refractivity contribution in [2.24, 2.45) is 5.92 Å². The first-order valence-electron chi connectivity index (χ1n) is 6.47. The van der Waals surface area contributed by atoms with Crippen LogP contribution in [0.25, 0.3) is 0 Å². The normalized spacial score (nSPS) is 23.8. The maximum Gasteiger partial charge on any atom is 0.241 e. The summed E-state index contributed by atoms with van der Waals surface area (Å²) < 4.78 is 28.7. The molecule has 1 aliphatic rings. The SMILES string of the molecule is O=S(=O)(NCC1CCC(Cl)CC1)c1cc(Br)ccc1Br. The van der Waals surface area contributed by atoms with Gasteiger partial charge in [-0.1, -0.05) is 15.9 Å². The molecule has 20 heavy (non-hydrogen) atoms. The number of nitrogens with one attached hydrogen (secondary N) is 1. The largest absolute Gasteiger partial charge is 0.241 e. The summed E-state index contributed by atoms with van der Waals surface area (Å²) >= 11 is 12.6. The molecule has 1 aliphatic carbocycles. The molecule has 1 N–H and O–H groups in total. The molecule has 0 aliphatic heterocycles. The van der Waals surface area contributed by atoms with Gasteiger partial charge in [0.2, 0.25) is 10.0 Å². The van der Waals surface area contributed by atoms with Gasteiger partial charge in [-0.15, -0.1) is 11.6 Å². The highest BCUT2D eigenvalue weighted by atomic mass is 79.9. The fourth-order valence-electron chi connectivity index (χ4n) is 2.31. The van der Waals surface area contributed by atoms with E-state index < -0.39 is 10.0 Å². The highest BCUT2D eigenvalue weighted by Gasteiger charge is 2.23. The third kappa shape index (κ3) is 4.44. The van der Waals surface area contributed by atoms with E-state index in [1.165, 1.54) is 0 Å². The monoisotopic (exact) mass is 443 g/mol. The number of alkyl halides is 1. The van der Waals surface area contributed by atoms with E-state index >= 15 is 0 Å². The standard InChI is InChI=1S/C13H16Br2ClNO2S/c14-10-3-6-12(15)13(7-10)20(18,19)17-8-9-1-4-11(16)5-2-9/h3,6-7,9,11,17H,1-2,4-5,8H2. The Bertz CT molecular complexity index is 572. The lowest BCUT2D eigenvalue weighted by Crippen LogP contribution is -2.31. The average Bonchev–Trinajstić information content (AvgIpc) is 2.41. The van der Waals surface area contributed by atoms with Gasteiger partial charge in [-0.05, 0) is 65.7 Å². The van der Waals surface area contributed by atoms with E-state index in [1.54, 1.807) is 18.2 Å². The molecule has 0 heterocycles. The predicted octanol–water partition coefficient (Wildman–Crippen LogP) is 4.29. The van der Waals surface area contributed by atoms with Gasteiger partial charge in [-0.25, -0.2) is 13.1 Å². The van der Waals surface area contributed by atoms with Crippen LogP contribution in [-0.2, 0) is 10.0 Å². The summed E-state index contributed by atoms with van der Waals surface area (Å²) in [7, 11) is -3.49. The molecular formula is C13H16Br2ClNO2S. The molecule has 1 saturated carbocycles. The van der Waals surface area contributed by atoms with Gasteiger partial charge in [-0.3, -0.25) is 0 Å². The lowest BCUT2D eigenvalue weighted by atomic mass is 9.89. The lowest BCUT2D eigenvalue weighted by Gasteiger charge is -2.25. The summed E-state index contributed by atoms with van der Waals surface area (Å²) in [5.74, 6) is 0.380. The Hall–Kier alpha value is 0.380. The van der Waals surface area contributed by atoms with Crippen LogP contribution in [0.15, 0.2) is 32.0 Å². The second kappa shape index (κ2) is 7.09. The lowest BCUT2D eigenvalue weighted by molar-refractivity contribution is 0.361. The van der Waals surface area contributed by atoms with E-state index in [-0.39, 0.29) is 10.3 Å². The molecule has 0 radical (unpaired) electrons. The zero-order chi connectivity index (χ0) is 14.8. The van der Waals surface area contributed by atoms with Crippen molar-refractivity contribution in [1.82, 2.24) is 4.72 Å². The topological polar surface area (TPSA) is 46.2 Å². The van der Waals surface area contributed by atoms with Crippen LogP contribution >= 0.6 is 43.5 Å². The van der Waals surface area contributed by atoms with E-state index in [4.69, 9.17) is 11.6 Å². The first-order valence-corrected chi connectivity index (χ1v) is 9.98. The van der Waals surface area contributed by atoms with Crippen molar-refractivity contribution < 1.29 is 8.42 Å². The first kappa shape index (κ1) is 16.7. The zero-order valence-electron chi connectivity index (χ0n) is 10.8. The molecule has 0 atom stereocenters. The summed E-state index contributed by atoms with van der Waals surface area (Å²) in [5.41, 5.74) is 0. The molecular weight excluding hydrogens is 429 g/mol. The molecule has 0 spiro atoms. The molecule has 0 unspecified atom stereocenters. The van der Waals surface area contributed by atoms with E-state index in [2.05, 4.69) is 36.6 Å².